The van der Waals surface area contributed by atoms with Crippen LogP contribution in [0.3, 0.4) is 0 Å². The van der Waals surface area contributed by atoms with E-state index < -0.39 is 6.09 Å². The molecule has 0 aliphatic carbocycles. The normalized spacial score (nSPS) is 8.33. The van der Waals surface area contributed by atoms with Gasteiger partial charge in [-0.25, -0.2) is 0 Å². The first-order valence-corrected chi connectivity index (χ1v) is 3.21. The molecule has 0 aromatic heterocycles. The summed E-state index contributed by atoms with van der Waals surface area (Å²) < 4.78 is 4.46. The Morgan fingerprint density at radius 3 is 2.42 bits per heavy atom. The summed E-state index contributed by atoms with van der Waals surface area (Å²) in [5.41, 5.74) is 7.36. The van der Waals surface area contributed by atoms with E-state index in [0.717, 1.165) is 5.56 Å². The molecule has 0 unspecified atom stereocenters. The Labute approximate surface area is 96.2 Å². The summed E-state index contributed by atoms with van der Waals surface area (Å²) in [5, 5.41) is 0. The summed E-state index contributed by atoms with van der Waals surface area (Å²) in [7, 11) is 0. The van der Waals surface area contributed by atoms with Gasteiger partial charge in [0.1, 0.15) is 6.61 Å². The molecular weight excluding hydrogens is 231 g/mol. The van der Waals surface area contributed by atoms with Crippen LogP contribution < -0.4 is 0 Å². The summed E-state index contributed by atoms with van der Waals surface area (Å²) >= 11 is 0. The first-order chi connectivity index (χ1) is 5.29. The van der Waals surface area contributed by atoms with Crippen LogP contribution in [0.5, 0.6) is 0 Å². The molecule has 4 heteroatoms. The fourth-order valence-electron chi connectivity index (χ4n) is 0.723. The third-order valence-corrected chi connectivity index (χ3v) is 1.21. The summed E-state index contributed by atoms with van der Waals surface area (Å²) in [6.07, 6.45) is -0.992. The van der Waals surface area contributed by atoms with Crippen molar-refractivity contribution in [2.45, 2.75) is 6.61 Å². The van der Waals surface area contributed by atoms with Crippen molar-refractivity contribution in [3.63, 3.8) is 0 Å². The fourth-order valence-corrected chi connectivity index (χ4v) is 0.723. The first-order valence-electron chi connectivity index (χ1n) is 3.21. The summed E-state index contributed by atoms with van der Waals surface area (Å²) in [4.78, 5) is 10.1. The molecule has 0 heterocycles. The summed E-state index contributed by atoms with van der Waals surface area (Å²) in [6.45, 7) is 0.184. The largest absolute Gasteiger partial charge is 3.00 e. The Hall–Kier alpha value is -0.406. The minimum Gasteiger partial charge on any atom is -0.632 e. The van der Waals surface area contributed by atoms with Gasteiger partial charge in [0.2, 0.25) is 6.09 Å². The number of hydrogen-bond donors (Lipinski definition) is 0. The molecule has 12 heavy (non-hydrogen) atoms. The van der Waals surface area contributed by atoms with E-state index in [1.165, 1.54) is 0 Å². The van der Waals surface area contributed by atoms with Gasteiger partial charge in [-0.3, -0.25) is 4.79 Å². The van der Waals surface area contributed by atoms with Crippen molar-refractivity contribution in [2.24, 2.45) is 0 Å². The van der Waals surface area contributed by atoms with Gasteiger partial charge in [-0.2, -0.15) is 0 Å². The van der Waals surface area contributed by atoms with Crippen molar-refractivity contribution in [3.8, 4) is 0 Å². The average molecular weight is 239 g/mol. The predicted octanol–water partition coefficient (Wildman–Crippen LogP) is 2.37. The summed E-state index contributed by atoms with van der Waals surface area (Å²) in [5.74, 6) is 0. The van der Waals surface area contributed by atoms with E-state index in [1.54, 1.807) is 0 Å². The molecule has 0 aliphatic rings. The molecule has 1 amide bonds. The number of rotatable bonds is 2. The molecule has 1 aromatic rings. The number of ether oxygens (including phenoxy) is 1. The molecule has 0 atom stereocenters. The predicted molar refractivity (Wildman–Crippen MR) is 40.9 cm³/mol. The van der Waals surface area contributed by atoms with E-state index in [1.807, 2.05) is 30.3 Å². The zero-order chi connectivity index (χ0) is 8.10. The molecule has 1 aromatic carbocycles. The van der Waals surface area contributed by atoms with Crippen molar-refractivity contribution < 1.29 is 42.2 Å². The number of benzene rings is 1. The van der Waals surface area contributed by atoms with Crippen LogP contribution in [0, 0.1) is 0 Å². The molecule has 0 spiro atoms. The van der Waals surface area contributed by atoms with Crippen molar-refractivity contribution in [1.29, 1.82) is 0 Å². The van der Waals surface area contributed by atoms with Crippen molar-refractivity contribution in [1.82, 2.24) is 0 Å². The van der Waals surface area contributed by atoms with Crippen LogP contribution in [0.2, 0.25) is 0 Å². The topological polar surface area (TPSA) is 50.1 Å². The standard InChI is InChI=1S/C8H9NO2.Y/c9-8(10)11-6-7-4-2-1-3-5-7;/h1-5H,6H2,(H2,9,10);/q;+3/p-1. The number of amides is 1. The van der Waals surface area contributed by atoms with Crippen LogP contribution in [-0.2, 0) is 44.1 Å². The van der Waals surface area contributed by atoms with Crippen LogP contribution in [-0.4, -0.2) is 6.09 Å². The molecule has 0 saturated heterocycles. The third-order valence-electron chi connectivity index (χ3n) is 1.21. The Kier molecular flexibility index (Phi) is 5.94. The molecule has 1 rings (SSSR count). The van der Waals surface area contributed by atoms with Gasteiger partial charge >= 0.3 is 32.7 Å². The van der Waals surface area contributed by atoms with Gasteiger partial charge in [-0.1, -0.05) is 30.3 Å². The van der Waals surface area contributed by atoms with E-state index in [4.69, 9.17) is 5.73 Å². The van der Waals surface area contributed by atoms with E-state index in [2.05, 4.69) is 4.74 Å². The van der Waals surface area contributed by atoms with Gasteiger partial charge in [0, 0.05) is 0 Å². The molecule has 0 aliphatic heterocycles. The average Bonchev–Trinajstić information content (AvgIpc) is 2.03. The van der Waals surface area contributed by atoms with Gasteiger partial charge in [-0.15, -0.1) is 0 Å². The second-order valence-electron chi connectivity index (χ2n) is 2.06. The maximum Gasteiger partial charge on any atom is 3.00 e. The van der Waals surface area contributed by atoms with Gasteiger partial charge in [0.05, 0.1) is 0 Å². The van der Waals surface area contributed by atoms with E-state index in [9.17, 15) is 4.79 Å². The van der Waals surface area contributed by atoms with Crippen LogP contribution in [0.1, 0.15) is 5.56 Å². The minimum atomic E-state index is -0.992. The zero-order valence-electron chi connectivity index (χ0n) is 6.49. The van der Waals surface area contributed by atoms with Gasteiger partial charge in [0.15, 0.2) is 0 Å². The van der Waals surface area contributed by atoms with Crippen LogP contribution in [0.4, 0.5) is 4.79 Å². The first kappa shape index (κ1) is 11.6. The van der Waals surface area contributed by atoms with Crippen molar-refractivity contribution in [3.05, 3.63) is 41.6 Å². The quantitative estimate of drug-likeness (QED) is 0.795. The molecule has 58 valence electrons. The van der Waals surface area contributed by atoms with Gasteiger partial charge < -0.3 is 10.5 Å². The van der Waals surface area contributed by atoms with Crippen LogP contribution in [0.25, 0.3) is 5.73 Å². The number of hydrogen-bond acceptors (Lipinski definition) is 2. The smallest absolute Gasteiger partial charge is 0.632 e. The Morgan fingerprint density at radius 2 is 1.92 bits per heavy atom. The Balaban J connectivity index is 0.00000121. The van der Waals surface area contributed by atoms with Gasteiger partial charge in [-0.05, 0) is 5.56 Å². The van der Waals surface area contributed by atoms with Crippen LogP contribution in [0.15, 0.2) is 30.3 Å². The molecule has 1 N–H and O–H groups in total. The monoisotopic (exact) mass is 239 g/mol. The summed E-state index contributed by atoms with van der Waals surface area (Å²) in [6, 6.07) is 9.26. The molecule has 0 fully saturated rings. The van der Waals surface area contributed by atoms with Crippen LogP contribution >= 0.6 is 0 Å². The SMILES string of the molecule is [NH-]C(=O)OCc1ccccc1.[Y+3]. The number of carbonyl (C=O) groups is 1. The number of carbonyl (C=O) groups excluding carboxylic acids is 1. The second-order valence-corrected chi connectivity index (χ2v) is 2.06. The zero-order valence-corrected chi connectivity index (χ0v) is 9.33. The minimum absolute atomic E-state index is 0. The molecule has 0 saturated carbocycles. The second kappa shape index (κ2) is 6.15. The number of nitrogens with one attached hydrogen (secondary N) is 1. The molecular formula is C8H8NO2Y+2. The van der Waals surface area contributed by atoms with E-state index >= 15 is 0 Å². The third kappa shape index (κ3) is 4.47. The fraction of sp³-hybridized carbons (Fsp3) is 0.125. The maximum atomic E-state index is 10.1. The maximum absolute atomic E-state index is 10.1. The molecule has 0 radical (unpaired) electrons. The molecule has 3 nitrogen and oxygen atoms in total. The Morgan fingerprint density at radius 1 is 1.33 bits per heavy atom. The Bertz CT molecular complexity index is 238. The van der Waals surface area contributed by atoms with Gasteiger partial charge in [0.25, 0.3) is 0 Å². The van der Waals surface area contributed by atoms with E-state index in [0.29, 0.717) is 0 Å². The molecule has 0 bridgehead atoms. The van der Waals surface area contributed by atoms with Crippen molar-refractivity contribution in [2.75, 3.05) is 0 Å². The van der Waals surface area contributed by atoms with Crippen molar-refractivity contribution >= 4 is 6.09 Å². The van der Waals surface area contributed by atoms with E-state index in [-0.39, 0.29) is 39.3 Å².